The molecule has 0 atom stereocenters. The van der Waals surface area contributed by atoms with E-state index in [1.807, 2.05) is 20.8 Å². The van der Waals surface area contributed by atoms with Crippen LogP contribution in [0.3, 0.4) is 0 Å². The molecule has 0 amide bonds. The number of aldehydes is 1. The third-order valence-corrected chi connectivity index (χ3v) is 3.13. The molecule has 21 heavy (non-hydrogen) atoms. The summed E-state index contributed by atoms with van der Waals surface area (Å²) in [6.07, 6.45) is 0.719. The maximum absolute atomic E-state index is 11.2. The van der Waals surface area contributed by atoms with Crippen molar-refractivity contribution >= 4 is 6.29 Å². The van der Waals surface area contributed by atoms with Gasteiger partial charge in [0.05, 0.1) is 19.9 Å². The summed E-state index contributed by atoms with van der Waals surface area (Å²) in [4.78, 5) is 11.2. The van der Waals surface area contributed by atoms with Crippen LogP contribution in [0.5, 0.6) is 11.5 Å². The van der Waals surface area contributed by atoms with E-state index in [0.717, 1.165) is 12.0 Å². The number of carbonyl (C=O) groups excluding carboxylic acids is 1. The molecule has 0 unspecified atom stereocenters. The van der Waals surface area contributed by atoms with Gasteiger partial charge in [-0.1, -0.05) is 26.0 Å². The first-order valence-electron chi connectivity index (χ1n) is 6.56. The predicted octanol–water partition coefficient (Wildman–Crippen LogP) is 2.39. The van der Waals surface area contributed by atoms with Crippen LogP contribution in [0.2, 0.25) is 0 Å². The molecule has 0 saturated carbocycles. The minimum absolute atomic E-state index is 0.298. The van der Waals surface area contributed by atoms with Crippen molar-refractivity contribution in [1.82, 2.24) is 15.0 Å². The number of carbonyl (C=O) groups is 1. The molecule has 0 N–H and O–H groups in total. The van der Waals surface area contributed by atoms with E-state index in [1.165, 1.54) is 0 Å². The Labute approximate surface area is 123 Å². The van der Waals surface area contributed by atoms with Gasteiger partial charge in [-0.3, -0.25) is 4.79 Å². The van der Waals surface area contributed by atoms with Crippen molar-refractivity contribution in [3.05, 3.63) is 29.6 Å². The van der Waals surface area contributed by atoms with Crippen LogP contribution in [0.1, 0.15) is 37.0 Å². The lowest BCUT2D eigenvalue weighted by Gasteiger charge is -2.21. The topological polar surface area (TPSA) is 66.2 Å². The van der Waals surface area contributed by atoms with Gasteiger partial charge in [0, 0.05) is 11.5 Å². The number of methoxy groups -OCH3 is 2. The minimum atomic E-state index is -0.298. The molecule has 0 fully saturated rings. The molecule has 0 aliphatic rings. The summed E-state index contributed by atoms with van der Waals surface area (Å²) in [5.41, 5.74) is 1.44. The largest absolute Gasteiger partial charge is 0.497 e. The number of rotatable bonds is 4. The van der Waals surface area contributed by atoms with Crippen molar-refractivity contribution in [3.63, 3.8) is 0 Å². The Balaban J connectivity index is 2.72. The Morgan fingerprint density at radius 2 is 1.90 bits per heavy atom. The van der Waals surface area contributed by atoms with E-state index in [2.05, 4.69) is 10.3 Å². The number of benzene rings is 1. The normalized spacial score (nSPS) is 11.3. The molecule has 0 radical (unpaired) electrons. The second-order valence-corrected chi connectivity index (χ2v) is 5.64. The number of aromatic nitrogens is 3. The van der Waals surface area contributed by atoms with Gasteiger partial charge in [-0.05, 0) is 12.1 Å². The molecule has 1 heterocycles. The second kappa shape index (κ2) is 5.55. The first-order valence-corrected chi connectivity index (χ1v) is 6.56. The number of nitrogens with zero attached hydrogens (tertiary/aromatic N) is 3. The average Bonchev–Trinajstić information content (AvgIpc) is 2.90. The van der Waals surface area contributed by atoms with Gasteiger partial charge >= 0.3 is 0 Å². The summed E-state index contributed by atoms with van der Waals surface area (Å²) in [7, 11) is 3.17. The van der Waals surface area contributed by atoms with Crippen LogP contribution in [0, 0.1) is 0 Å². The van der Waals surface area contributed by atoms with Gasteiger partial charge in [0.2, 0.25) is 0 Å². The van der Waals surface area contributed by atoms with Crippen LogP contribution in [0.4, 0.5) is 0 Å². The fraction of sp³-hybridized carbons (Fsp3) is 0.400. The highest BCUT2D eigenvalue weighted by Gasteiger charge is 2.27. The zero-order valence-corrected chi connectivity index (χ0v) is 12.9. The molecule has 0 aliphatic heterocycles. The van der Waals surface area contributed by atoms with Crippen LogP contribution < -0.4 is 9.47 Å². The Bertz CT molecular complexity index is 657. The summed E-state index contributed by atoms with van der Waals surface area (Å²) < 4.78 is 12.3. The van der Waals surface area contributed by atoms with Gasteiger partial charge in [-0.15, -0.1) is 5.10 Å². The van der Waals surface area contributed by atoms with Crippen molar-refractivity contribution in [2.75, 3.05) is 14.2 Å². The Hall–Kier alpha value is -2.37. The Morgan fingerprint density at radius 3 is 2.43 bits per heavy atom. The monoisotopic (exact) mass is 289 g/mol. The zero-order valence-electron chi connectivity index (χ0n) is 12.9. The fourth-order valence-electron chi connectivity index (χ4n) is 2.21. The molecule has 1 aromatic heterocycles. The molecule has 1 aromatic carbocycles. The van der Waals surface area contributed by atoms with E-state index in [-0.39, 0.29) is 5.41 Å². The molecule has 112 valence electrons. The van der Waals surface area contributed by atoms with E-state index in [9.17, 15) is 4.79 Å². The summed E-state index contributed by atoms with van der Waals surface area (Å²) in [6.45, 7) is 6.01. The van der Waals surface area contributed by atoms with Crippen LogP contribution >= 0.6 is 0 Å². The highest BCUT2D eigenvalue weighted by Crippen LogP contribution is 2.32. The summed E-state index contributed by atoms with van der Waals surface area (Å²) >= 11 is 0. The third-order valence-electron chi connectivity index (χ3n) is 3.13. The second-order valence-electron chi connectivity index (χ2n) is 5.64. The standard InChI is InChI=1S/C15H19N3O3/c1-15(2,3)14-11(9-19)16-17-18(14)12-8-10(20-4)6-7-13(12)21-5/h6-9H,1-5H3. The maximum Gasteiger partial charge on any atom is 0.172 e. The quantitative estimate of drug-likeness (QED) is 0.809. The molecule has 2 rings (SSSR count). The van der Waals surface area contributed by atoms with Crippen LogP contribution in [0.15, 0.2) is 18.2 Å². The Morgan fingerprint density at radius 1 is 1.19 bits per heavy atom. The lowest BCUT2D eigenvalue weighted by atomic mass is 9.90. The molecular formula is C15H19N3O3. The van der Waals surface area contributed by atoms with Crippen LogP contribution in [-0.4, -0.2) is 35.5 Å². The Kier molecular flexibility index (Phi) is 3.97. The van der Waals surface area contributed by atoms with Crippen molar-refractivity contribution in [1.29, 1.82) is 0 Å². The smallest absolute Gasteiger partial charge is 0.172 e. The highest BCUT2D eigenvalue weighted by molar-refractivity contribution is 5.74. The first kappa shape index (κ1) is 15.0. The average molecular weight is 289 g/mol. The molecule has 6 nitrogen and oxygen atoms in total. The van der Waals surface area contributed by atoms with Crippen molar-refractivity contribution in [2.45, 2.75) is 26.2 Å². The van der Waals surface area contributed by atoms with E-state index in [4.69, 9.17) is 9.47 Å². The van der Waals surface area contributed by atoms with E-state index < -0.39 is 0 Å². The molecule has 0 bridgehead atoms. The lowest BCUT2D eigenvalue weighted by molar-refractivity contribution is 0.111. The zero-order chi connectivity index (χ0) is 15.6. The van der Waals surface area contributed by atoms with Crippen molar-refractivity contribution < 1.29 is 14.3 Å². The van der Waals surface area contributed by atoms with E-state index in [0.29, 0.717) is 22.9 Å². The SMILES string of the molecule is COc1ccc(OC)c(-n2nnc(C=O)c2C(C)(C)C)c1. The maximum atomic E-state index is 11.2. The fourth-order valence-corrected chi connectivity index (χ4v) is 2.21. The molecule has 0 spiro atoms. The summed E-state index contributed by atoms with van der Waals surface area (Å²) in [6, 6.07) is 5.40. The highest BCUT2D eigenvalue weighted by atomic mass is 16.5. The van der Waals surface area contributed by atoms with Crippen molar-refractivity contribution in [3.8, 4) is 17.2 Å². The molecule has 0 aliphatic carbocycles. The van der Waals surface area contributed by atoms with E-state index >= 15 is 0 Å². The molecule has 6 heteroatoms. The van der Waals surface area contributed by atoms with Crippen LogP contribution in [0.25, 0.3) is 5.69 Å². The van der Waals surface area contributed by atoms with Gasteiger partial charge in [0.25, 0.3) is 0 Å². The van der Waals surface area contributed by atoms with Gasteiger partial charge in [0.1, 0.15) is 22.9 Å². The minimum Gasteiger partial charge on any atom is -0.497 e. The van der Waals surface area contributed by atoms with E-state index in [1.54, 1.807) is 37.1 Å². The van der Waals surface area contributed by atoms with Gasteiger partial charge in [0.15, 0.2) is 6.29 Å². The number of ether oxygens (including phenoxy) is 2. The predicted molar refractivity (Wildman–Crippen MR) is 78.6 cm³/mol. The number of hydrogen-bond donors (Lipinski definition) is 0. The first-order chi connectivity index (χ1) is 9.92. The summed E-state index contributed by atoms with van der Waals surface area (Å²) in [5.74, 6) is 1.30. The number of hydrogen-bond acceptors (Lipinski definition) is 5. The van der Waals surface area contributed by atoms with Gasteiger partial charge in [-0.25, -0.2) is 4.68 Å². The summed E-state index contributed by atoms with van der Waals surface area (Å²) in [5, 5.41) is 8.06. The molecule has 0 saturated heterocycles. The molecule has 2 aromatic rings. The van der Waals surface area contributed by atoms with Gasteiger partial charge in [-0.2, -0.15) is 0 Å². The van der Waals surface area contributed by atoms with Crippen molar-refractivity contribution in [2.24, 2.45) is 0 Å². The lowest BCUT2D eigenvalue weighted by Crippen LogP contribution is -2.19. The van der Waals surface area contributed by atoms with Crippen LogP contribution in [-0.2, 0) is 5.41 Å². The third kappa shape index (κ3) is 2.74. The molecular weight excluding hydrogens is 270 g/mol. The van der Waals surface area contributed by atoms with Gasteiger partial charge < -0.3 is 9.47 Å².